The summed E-state index contributed by atoms with van der Waals surface area (Å²) in [5, 5.41) is 4.93. The van der Waals surface area contributed by atoms with Crippen molar-refractivity contribution in [3.05, 3.63) is 71.8 Å². The molecule has 3 aromatic carbocycles. The van der Waals surface area contributed by atoms with Crippen LogP contribution in [0.4, 0.5) is 5.69 Å². The smallest absolute Gasteiger partial charge is 0.253 e. The highest BCUT2D eigenvalue weighted by atomic mass is 16.5. The van der Waals surface area contributed by atoms with Gasteiger partial charge in [0.05, 0.1) is 24.3 Å². The Bertz CT molecular complexity index is 1030. The first-order chi connectivity index (χ1) is 13.1. The molecular weight excluding hydrogens is 340 g/mol. The first-order valence-corrected chi connectivity index (χ1v) is 8.93. The zero-order valence-corrected chi connectivity index (χ0v) is 15.1. The Morgan fingerprint density at radius 1 is 1.00 bits per heavy atom. The summed E-state index contributed by atoms with van der Waals surface area (Å²) in [6.45, 7) is 2.62. The molecule has 5 heteroatoms. The molecule has 3 aromatic rings. The lowest BCUT2D eigenvalue weighted by Gasteiger charge is -2.22. The molecule has 1 aliphatic rings. The van der Waals surface area contributed by atoms with E-state index >= 15 is 0 Å². The van der Waals surface area contributed by atoms with E-state index in [1.165, 1.54) is 0 Å². The quantitative estimate of drug-likeness (QED) is 0.777. The zero-order valence-electron chi connectivity index (χ0n) is 15.1. The fraction of sp³-hybridized carbons (Fsp3) is 0.182. The maximum absolute atomic E-state index is 12.5. The molecular formula is C22H20N2O3. The van der Waals surface area contributed by atoms with Crippen LogP contribution in [0.3, 0.4) is 0 Å². The lowest BCUT2D eigenvalue weighted by atomic mass is 10.1. The first-order valence-electron chi connectivity index (χ1n) is 8.93. The predicted molar refractivity (Wildman–Crippen MR) is 105 cm³/mol. The Morgan fingerprint density at radius 3 is 2.67 bits per heavy atom. The number of amides is 2. The number of carbonyl (C=O) groups excluding carboxylic acids is 2. The van der Waals surface area contributed by atoms with E-state index in [1.54, 1.807) is 11.0 Å². The van der Waals surface area contributed by atoms with Crippen molar-refractivity contribution in [2.24, 2.45) is 0 Å². The van der Waals surface area contributed by atoms with Crippen molar-refractivity contribution in [3.63, 3.8) is 0 Å². The van der Waals surface area contributed by atoms with Gasteiger partial charge in [0.15, 0.2) is 0 Å². The normalized spacial score (nSPS) is 13.9. The Morgan fingerprint density at radius 2 is 1.81 bits per heavy atom. The van der Waals surface area contributed by atoms with Gasteiger partial charge in [0.1, 0.15) is 12.4 Å². The number of aryl methyl sites for hydroxylation is 1. The molecule has 4 rings (SSSR count). The lowest BCUT2D eigenvalue weighted by molar-refractivity contribution is -0.117. The third kappa shape index (κ3) is 3.49. The van der Waals surface area contributed by atoms with Gasteiger partial charge in [-0.1, -0.05) is 42.0 Å². The Kier molecular flexibility index (Phi) is 4.50. The van der Waals surface area contributed by atoms with Crippen molar-refractivity contribution in [3.8, 4) is 5.75 Å². The first kappa shape index (κ1) is 17.1. The van der Waals surface area contributed by atoms with Crippen LogP contribution in [0.5, 0.6) is 5.75 Å². The highest BCUT2D eigenvalue weighted by Gasteiger charge is 2.26. The molecule has 0 saturated carbocycles. The van der Waals surface area contributed by atoms with E-state index in [2.05, 4.69) is 11.4 Å². The third-order valence-corrected chi connectivity index (χ3v) is 4.69. The van der Waals surface area contributed by atoms with Crippen molar-refractivity contribution >= 4 is 28.3 Å². The highest BCUT2D eigenvalue weighted by molar-refractivity contribution is 6.09. The number of benzene rings is 3. The molecule has 0 spiro atoms. The molecule has 0 saturated heterocycles. The molecule has 2 amide bonds. The van der Waals surface area contributed by atoms with Crippen LogP contribution in [0, 0.1) is 6.92 Å². The number of anilines is 1. The SMILES string of the molecule is Cc1ccc2c(c1)C(=O)NCC(=O)N2CCOc1ccc2ccccc2c1. The van der Waals surface area contributed by atoms with E-state index in [1.807, 2.05) is 55.5 Å². The van der Waals surface area contributed by atoms with Crippen molar-refractivity contribution in [2.45, 2.75) is 6.92 Å². The maximum atomic E-state index is 12.5. The molecule has 0 aromatic heterocycles. The van der Waals surface area contributed by atoms with E-state index in [-0.39, 0.29) is 18.4 Å². The number of fused-ring (bicyclic) bond motifs is 2. The van der Waals surface area contributed by atoms with Gasteiger partial charge < -0.3 is 15.0 Å². The number of nitrogens with one attached hydrogen (secondary N) is 1. The molecule has 0 bridgehead atoms. The van der Waals surface area contributed by atoms with Gasteiger partial charge in [0.2, 0.25) is 5.91 Å². The summed E-state index contributed by atoms with van der Waals surface area (Å²) in [6, 6.07) is 19.5. The second-order valence-corrected chi connectivity index (χ2v) is 6.61. The van der Waals surface area contributed by atoms with Gasteiger partial charge in [-0.05, 0) is 42.0 Å². The number of hydrogen-bond acceptors (Lipinski definition) is 3. The van der Waals surface area contributed by atoms with Gasteiger partial charge in [0, 0.05) is 0 Å². The van der Waals surface area contributed by atoms with Crippen molar-refractivity contribution < 1.29 is 14.3 Å². The fourth-order valence-corrected chi connectivity index (χ4v) is 3.31. The van der Waals surface area contributed by atoms with Crippen molar-refractivity contribution in [1.82, 2.24) is 5.32 Å². The molecule has 0 unspecified atom stereocenters. The van der Waals surface area contributed by atoms with Crippen molar-refractivity contribution in [2.75, 3.05) is 24.6 Å². The van der Waals surface area contributed by atoms with Crippen LogP contribution >= 0.6 is 0 Å². The summed E-state index contributed by atoms with van der Waals surface area (Å²) in [4.78, 5) is 26.3. The average molecular weight is 360 g/mol. The van der Waals surface area contributed by atoms with Gasteiger partial charge >= 0.3 is 0 Å². The van der Waals surface area contributed by atoms with Gasteiger partial charge in [-0.25, -0.2) is 0 Å². The van der Waals surface area contributed by atoms with E-state index in [0.717, 1.165) is 22.1 Å². The van der Waals surface area contributed by atoms with Crippen LogP contribution in [0.1, 0.15) is 15.9 Å². The summed E-state index contributed by atoms with van der Waals surface area (Å²) in [7, 11) is 0. The molecule has 5 nitrogen and oxygen atoms in total. The molecule has 1 N–H and O–H groups in total. The van der Waals surface area contributed by atoms with Gasteiger partial charge in [-0.2, -0.15) is 0 Å². The van der Waals surface area contributed by atoms with Crippen LogP contribution in [0.25, 0.3) is 10.8 Å². The third-order valence-electron chi connectivity index (χ3n) is 4.69. The molecule has 136 valence electrons. The van der Waals surface area contributed by atoms with Crippen LogP contribution in [-0.4, -0.2) is 31.5 Å². The minimum Gasteiger partial charge on any atom is -0.492 e. The Hall–Kier alpha value is -3.34. The molecule has 1 heterocycles. The molecule has 27 heavy (non-hydrogen) atoms. The summed E-state index contributed by atoms with van der Waals surface area (Å²) in [5.41, 5.74) is 2.12. The number of hydrogen-bond donors (Lipinski definition) is 1. The van der Waals surface area contributed by atoms with Crippen LogP contribution in [-0.2, 0) is 4.79 Å². The van der Waals surface area contributed by atoms with E-state index in [9.17, 15) is 9.59 Å². The van der Waals surface area contributed by atoms with Crippen LogP contribution < -0.4 is 15.0 Å². The van der Waals surface area contributed by atoms with E-state index in [0.29, 0.717) is 24.4 Å². The second kappa shape index (κ2) is 7.11. The molecule has 0 radical (unpaired) electrons. The van der Waals surface area contributed by atoms with Gasteiger partial charge in [-0.15, -0.1) is 0 Å². The summed E-state index contributed by atoms with van der Waals surface area (Å²) in [5.74, 6) is 0.391. The monoisotopic (exact) mass is 360 g/mol. The molecule has 0 fully saturated rings. The minimum absolute atomic E-state index is 0.0114. The summed E-state index contributed by atoms with van der Waals surface area (Å²) < 4.78 is 5.87. The van der Waals surface area contributed by atoms with Crippen LogP contribution in [0.2, 0.25) is 0 Å². The number of ether oxygens (including phenoxy) is 1. The summed E-state index contributed by atoms with van der Waals surface area (Å²) >= 11 is 0. The minimum atomic E-state index is -0.222. The maximum Gasteiger partial charge on any atom is 0.253 e. The summed E-state index contributed by atoms with van der Waals surface area (Å²) in [6.07, 6.45) is 0. The van der Waals surface area contributed by atoms with Gasteiger partial charge in [-0.3, -0.25) is 9.59 Å². The topological polar surface area (TPSA) is 58.6 Å². The molecule has 0 aliphatic carbocycles. The average Bonchev–Trinajstić information content (AvgIpc) is 2.79. The Balaban J connectivity index is 1.51. The van der Waals surface area contributed by atoms with Crippen LogP contribution in [0.15, 0.2) is 60.7 Å². The standard InChI is InChI=1S/C22H20N2O3/c1-15-6-9-20-19(12-15)22(26)23-14-21(25)24(20)10-11-27-18-8-7-16-4-2-3-5-17(16)13-18/h2-9,12-13H,10-11,14H2,1H3,(H,23,26). The fourth-order valence-electron chi connectivity index (χ4n) is 3.31. The predicted octanol–water partition coefficient (Wildman–Crippen LogP) is 3.30. The zero-order chi connectivity index (χ0) is 18.8. The Labute approximate surface area is 157 Å². The number of rotatable bonds is 4. The van der Waals surface area contributed by atoms with Crippen molar-refractivity contribution in [1.29, 1.82) is 0 Å². The molecule has 0 atom stereocenters. The van der Waals surface area contributed by atoms with E-state index < -0.39 is 0 Å². The van der Waals surface area contributed by atoms with E-state index in [4.69, 9.17) is 4.74 Å². The number of nitrogens with zero attached hydrogens (tertiary/aromatic N) is 1. The highest BCUT2D eigenvalue weighted by Crippen LogP contribution is 2.25. The molecule has 1 aliphatic heterocycles. The second-order valence-electron chi connectivity index (χ2n) is 6.61. The largest absolute Gasteiger partial charge is 0.492 e. The van der Waals surface area contributed by atoms with Gasteiger partial charge in [0.25, 0.3) is 5.91 Å². The lowest BCUT2D eigenvalue weighted by Crippen LogP contribution is -2.38. The number of carbonyl (C=O) groups is 2.